The van der Waals surface area contributed by atoms with Crippen LogP contribution in [0.1, 0.15) is 49.3 Å². The van der Waals surface area contributed by atoms with Gasteiger partial charge in [-0.1, -0.05) is 62.6 Å². The van der Waals surface area contributed by atoms with E-state index in [2.05, 4.69) is 6.92 Å². The lowest BCUT2D eigenvalue weighted by atomic mass is 9.97. The summed E-state index contributed by atoms with van der Waals surface area (Å²) in [5.41, 5.74) is 2.25. The van der Waals surface area contributed by atoms with Gasteiger partial charge in [0.25, 0.3) is 0 Å². The summed E-state index contributed by atoms with van der Waals surface area (Å²) in [6, 6.07) is 20.9. The summed E-state index contributed by atoms with van der Waals surface area (Å²) in [4.78, 5) is 0. The average molecular weight is 488 g/mol. The van der Waals surface area contributed by atoms with Crippen LogP contribution in [0.3, 0.4) is 0 Å². The second-order valence-corrected chi connectivity index (χ2v) is 8.95. The zero-order valence-corrected chi connectivity index (χ0v) is 20.3. The lowest BCUT2D eigenvalue weighted by Gasteiger charge is -2.10. The third-order valence-corrected chi connectivity index (χ3v) is 6.39. The van der Waals surface area contributed by atoms with Crippen LogP contribution in [0, 0.1) is 28.8 Å². The molecule has 0 spiro atoms. The van der Waals surface area contributed by atoms with Gasteiger partial charge in [0.1, 0.15) is 34.8 Å². The summed E-state index contributed by atoms with van der Waals surface area (Å²) in [5, 5.41) is 10.1. The van der Waals surface area contributed by atoms with E-state index in [1.54, 1.807) is 12.1 Å². The minimum absolute atomic E-state index is 0.257. The SMILES string of the molecule is CCCCCCOc1ccc(-c2ccc3c(F)c(CCc4cc(F)c(C#N)c(F)c4)ccc3c2)cc1. The van der Waals surface area contributed by atoms with Gasteiger partial charge in [0.15, 0.2) is 0 Å². The zero-order chi connectivity index (χ0) is 25.5. The Morgan fingerprint density at radius 3 is 2.19 bits per heavy atom. The van der Waals surface area contributed by atoms with Gasteiger partial charge in [-0.2, -0.15) is 5.26 Å². The number of hydrogen-bond donors (Lipinski definition) is 0. The molecule has 4 rings (SSSR count). The van der Waals surface area contributed by atoms with Crippen molar-refractivity contribution in [3.8, 4) is 22.9 Å². The predicted octanol–water partition coefficient (Wildman–Crippen LogP) is 8.54. The van der Waals surface area contributed by atoms with Crippen molar-refractivity contribution in [2.45, 2.75) is 45.4 Å². The number of unbranched alkanes of at least 4 members (excludes halogenated alkanes) is 3. The molecule has 0 aliphatic rings. The van der Waals surface area contributed by atoms with Crippen LogP contribution >= 0.6 is 0 Å². The molecule has 0 heterocycles. The van der Waals surface area contributed by atoms with Gasteiger partial charge in [-0.05, 0) is 77.2 Å². The molecule has 0 unspecified atom stereocenters. The van der Waals surface area contributed by atoms with E-state index in [0.717, 1.165) is 40.8 Å². The Kier molecular flexibility index (Phi) is 8.28. The van der Waals surface area contributed by atoms with Crippen molar-refractivity contribution in [1.29, 1.82) is 5.26 Å². The number of nitriles is 1. The van der Waals surface area contributed by atoms with Crippen LogP contribution in [0.5, 0.6) is 5.75 Å². The fraction of sp³-hybridized carbons (Fsp3) is 0.258. The standard InChI is InChI=1S/C31H28F3NO/c1-2-3-4-5-16-36-26-13-10-22(11-14-26)24-12-15-27-25(19-24)9-8-23(31(27)34)7-6-21-17-29(32)28(20-35)30(33)18-21/h8-15,17-19H,2-7,16H2,1H3. The molecule has 0 aromatic heterocycles. The fourth-order valence-electron chi connectivity index (χ4n) is 4.33. The largest absolute Gasteiger partial charge is 0.494 e. The van der Waals surface area contributed by atoms with E-state index in [0.29, 0.717) is 23.1 Å². The molecule has 0 bridgehead atoms. The molecule has 4 aromatic carbocycles. The van der Waals surface area contributed by atoms with Crippen LogP contribution in [-0.2, 0) is 12.8 Å². The minimum Gasteiger partial charge on any atom is -0.494 e. The average Bonchev–Trinajstić information content (AvgIpc) is 2.88. The highest BCUT2D eigenvalue weighted by atomic mass is 19.1. The first-order valence-corrected chi connectivity index (χ1v) is 12.3. The van der Waals surface area contributed by atoms with E-state index in [1.807, 2.05) is 42.5 Å². The van der Waals surface area contributed by atoms with Crippen LogP contribution in [-0.4, -0.2) is 6.61 Å². The molecule has 2 nitrogen and oxygen atoms in total. The molecule has 0 aliphatic heterocycles. The topological polar surface area (TPSA) is 33.0 Å². The molecule has 0 saturated carbocycles. The van der Waals surface area contributed by atoms with Gasteiger partial charge in [0.2, 0.25) is 0 Å². The van der Waals surface area contributed by atoms with Crippen molar-refractivity contribution in [2.75, 3.05) is 6.61 Å². The van der Waals surface area contributed by atoms with Gasteiger partial charge in [0.05, 0.1) is 6.61 Å². The van der Waals surface area contributed by atoms with Gasteiger partial charge in [-0.25, -0.2) is 13.2 Å². The zero-order valence-electron chi connectivity index (χ0n) is 20.3. The van der Waals surface area contributed by atoms with Crippen molar-refractivity contribution in [2.24, 2.45) is 0 Å². The Bertz CT molecular complexity index is 1370. The van der Waals surface area contributed by atoms with Crippen LogP contribution in [0.4, 0.5) is 13.2 Å². The third kappa shape index (κ3) is 5.88. The summed E-state index contributed by atoms with van der Waals surface area (Å²) in [6.45, 7) is 2.90. The monoisotopic (exact) mass is 487 g/mol. The molecule has 4 aromatic rings. The minimum atomic E-state index is -0.898. The van der Waals surface area contributed by atoms with Crippen molar-refractivity contribution in [3.05, 3.63) is 101 Å². The lowest BCUT2D eigenvalue weighted by molar-refractivity contribution is 0.305. The maximum Gasteiger partial charge on any atom is 0.144 e. The lowest BCUT2D eigenvalue weighted by Crippen LogP contribution is -1.99. The van der Waals surface area contributed by atoms with E-state index in [-0.39, 0.29) is 18.7 Å². The highest BCUT2D eigenvalue weighted by molar-refractivity contribution is 5.88. The van der Waals surface area contributed by atoms with Crippen molar-refractivity contribution in [3.63, 3.8) is 0 Å². The molecule has 0 N–H and O–H groups in total. The second-order valence-electron chi connectivity index (χ2n) is 8.95. The van der Waals surface area contributed by atoms with Crippen LogP contribution < -0.4 is 4.74 Å². The van der Waals surface area contributed by atoms with E-state index in [4.69, 9.17) is 10.00 Å². The van der Waals surface area contributed by atoms with Crippen LogP contribution in [0.25, 0.3) is 21.9 Å². The molecular weight excluding hydrogens is 459 g/mol. The van der Waals surface area contributed by atoms with Crippen LogP contribution in [0.15, 0.2) is 66.7 Å². The van der Waals surface area contributed by atoms with E-state index in [9.17, 15) is 8.78 Å². The Balaban J connectivity index is 1.45. The highest BCUT2D eigenvalue weighted by Crippen LogP contribution is 2.29. The number of fused-ring (bicyclic) bond motifs is 1. The number of nitrogens with zero attached hydrogens (tertiary/aromatic N) is 1. The third-order valence-electron chi connectivity index (χ3n) is 6.39. The fourth-order valence-corrected chi connectivity index (χ4v) is 4.33. The summed E-state index contributed by atoms with van der Waals surface area (Å²) in [6.07, 6.45) is 5.20. The van der Waals surface area contributed by atoms with Gasteiger partial charge in [-0.15, -0.1) is 0 Å². The van der Waals surface area contributed by atoms with Gasteiger partial charge >= 0.3 is 0 Å². The number of hydrogen-bond acceptors (Lipinski definition) is 2. The smallest absolute Gasteiger partial charge is 0.144 e. The first kappa shape index (κ1) is 25.3. The van der Waals surface area contributed by atoms with Crippen LogP contribution in [0.2, 0.25) is 0 Å². The summed E-state index contributed by atoms with van der Waals surface area (Å²) >= 11 is 0. The molecule has 36 heavy (non-hydrogen) atoms. The molecular formula is C31H28F3NO. The number of benzene rings is 4. The Morgan fingerprint density at radius 2 is 1.50 bits per heavy atom. The number of ether oxygens (including phenoxy) is 1. The number of aryl methyl sites for hydroxylation is 2. The Labute approximate surface area is 210 Å². The number of halogens is 3. The molecule has 0 atom stereocenters. The normalized spacial score (nSPS) is 11.0. The van der Waals surface area contributed by atoms with E-state index in [1.165, 1.54) is 25.3 Å². The van der Waals surface area contributed by atoms with E-state index >= 15 is 4.39 Å². The maximum atomic E-state index is 15.2. The predicted molar refractivity (Wildman–Crippen MR) is 137 cm³/mol. The second kappa shape index (κ2) is 11.8. The van der Waals surface area contributed by atoms with Crippen molar-refractivity contribution < 1.29 is 17.9 Å². The first-order valence-electron chi connectivity index (χ1n) is 12.3. The molecule has 0 amide bonds. The maximum absolute atomic E-state index is 15.2. The van der Waals surface area contributed by atoms with Crippen molar-refractivity contribution in [1.82, 2.24) is 0 Å². The van der Waals surface area contributed by atoms with E-state index < -0.39 is 17.2 Å². The quantitative estimate of drug-likeness (QED) is 0.210. The molecule has 184 valence electrons. The molecule has 0 fully saturated rings. The number of rotatable bonds is 10. The highest BCUT2D eigenvalue weighted by Gasteiger charge is 2.13. The molecule has 5 heteroatoms. The summed E-state index contributed by atoms with van der Waals surface area (Å²) < 4.78 is 48.8. The van der Waals surface area contributed by atoms with Gasteiger partial charge < -0.3 is 4.74 Å². The Morgan fingerprint density at radius 1 is 0.778 bits per heavy atom. The van der Waals surface area contributed by atoms with Gasteiger partial charge in [-0.3, -0.25) is 0 Å². The summed E-state index contributed by atoms with van der Waals surface area (Å²) in [7, 11) is 0. The Hall–Kier alpha value is -3.78. The van der Waals surface area contributed by atoms with Crippen molar-refractivity contribution >= 4 is 10.8 Å². The molecule has 0 saturated heterocycles. The van der Waals surface area contributed by atoms with Gasteiger partial charge in [0, 0.05) is 5.39 Å². The molecule has 0 radical (unpaired) electrons. The summed E-state index contributed by atoms with van der Waals surface area (Å²) in [5.74, 6) is -1.29. The first-order chi connectivity index (χ1) is 17.5. The molecule has 0 aliphatic carbocycles.